The minimum absolute atomic E-state index is 0.0275. The van der Waals surface area contributed by atoms with Crippen molar-refractivity contribution < 1.29 is 24.1 Å². The number of allylic oxidation sites excluding steroid dienone is 1. The van der Waals surface area contributed by atoms with Gasteiger partial charge in [-0.3, -0.25) is 9.36 Å². The van der Waals surface area contributed by atoms with E-state index in [9.17, 15) is 14.7 Å². The molecule has 0 radical (unpaired) electrons. The number of fused-ring (bicyclic) bond motifs is 1. The van der Waals surface area contributed by atoms with Gasteiger partial charge in [0.1, 0.15) is 5.75 Å². The number of hydrogen-bond acceptors (Lipinski definition) is 8. The molecule has 0 fully saturated rings. The van der Waals surface area contributed by atoms with E-state index in [1.807, 2.05) is 19.1 Å². The minimum atomic E-state index is -0.697. The summed E-state index contributed by atoms with van der Waals surface area (Å²) in [5, 5.41) is 10.00. The first-order valence-corrected chi connectivity index (χ1v) is 12.0. The molecule has 35 heavy (non-hydrogen) atoms. The van der Waals surface area contributed by atoms with Crippen LogP contribution in [0, 0.1) is 0 Å². The summed E-state index contributed by atoms with van der Waals surface area (Å²) < 4.78 is 18.0. The molecular formula is C26H26N2O6S. The molecule has 1 N–H and O–H groups in total. The quantitative estimate of drug-likeness (QED) is 0.507. The Morgan fingerprint density at radius 2 is 1.91 bits per heavy atom. The molecule has 1 aliphatic heterocycles. The van der Waals surface area contributed by atoms with Crippen LogP contribution in [0.3, 0.4) is 0 Å². The van der Waals surface area contributed by atoms with E-state index in [1.54, 1.807) is 51.3 Å². The van der Waals surface area contributed by atoms with Gasteiger partial charge in [-0.25, -0.2) is 9.79 Å². The first kappa shape index (κ1) is 24.3. The van der Waals surface area contributed by atoms with E-state index in [0.717, 1.165) is 5.56 Å². The number of hydrogen-bond donors (Lipinski definition) is 1. The van der Waals surface area contributed by atoms with Crippen molar-refractivity contribution in [2.45, 2.75) is 26.8 Å². The van der Waals surface area contributed by atoms with Gasteiger partial charge in [0.25, 0.3) is 5.56 Å². The molecule has 0 aliphatic carbocycles. The number of carbonyl (C=O) groups excluding carboxylic acids is 1. The fraction of sp³-hybridized carbons (Fsp3) is 0.269. The largest absolute Gasteiger partial charge is 0.504 e. The Bertz CT molecular complexity index is 1470. The van der Waals surface area contributed by atoms with E-state index in [4.69, 9.17) is 14.2 Å². The van der Waals surface area contributed by atoms with Gasteiger partial charge in [-0.15, -0.1) is 0 Å². The standard InChI is InChI=1S/C26H26N2O6S/c1-5-33-20-13-16(7-12-19(20)29)14-21-24(30)28-23(17-8-10-18(32-4)11-9-17)22(25(31)34-6-2)15(3)27-26(28)35-21/h7-14,23,29H,5-6H2,1-4H3/b21-14+/t23-/m1/s1. The number of ether oxygens (including phenoxy) is 3. The molecular weight excluding hydrogens is 468 g/mol. The van der Waals surface area contributed by atoms with Gasteiger partial charge in [0.15, 0.2) is 16.3 Å². The molecule has 9 heteroatoms. The molecule has 0 spiro atoms. The summed E-state index contributed by atoms with van der Waals surface area (Å²) >= 11 is 1.23. The van der Waals surface area contributed by atoms with Crippen molar-refractivity contribution in [3.05, 3.63) is 84.5 Å². The lowest BCUT2D eigenvalue weighted by Crippen LogP contribution is -2.39. The smallest absolute Gasteiger partial charge is 0.338 e. The predicted molar refractivity (Wildman–Crippen MR) is 133 cm³/mol. The van der Waals surface area contributed by atoms with Crippen LogP contribution in [0.5, 0.6) is 17.2 Å². The van der Waals surface area contributed by atoms with Crippen LogP contribution in [0.2, 0.25) is 0 Å². The highest BCUT2D eigenvalue weighted by molar-refractivity contribution is 7.07. The van der Waals surface area contributed by atoms with Crippen LogP contribution in [-0.4, -0.2) is 36.0 Å². The van der Waals surface area contributed by atoms with E-state index in [0.29, 0.717) is 44.3 Å². The predicted octanol–water partition coefficient (Wildman–Crippen LogP) is 2.91. The molecule has 2 aromatic carbocycles. The molecule has 1 aromatic heterocycles. The van der Waals surface area contributed by atoms with Crippen molar-refractivity contribution >= 4 is 23.4 Å². The van der Waals surface area contributed by atoms with Crippen molar-refractivity contribution in [3.8, 4) is 17.2 Å². The van der Waals surface area contributed by atoms with Crippen molar-refractivity contribution in [1.82, 2.24) is 4.57 Å². The van der Waals surface area contributed by atoms with E-state index >= 15 is 0 Å². The van der Waals surface area contributed by atoms with Crippen LogP contribution in [0.15, 0.2) is 63.5 Å². The summed E-state index contributed by atoms with van der Waals surface area (Å²) in [4.78, 5) is 31.6. The first-order chi connectivity index (χ1) is 16.9. The van der Waals surface area contributed by atoms with Crippen LogP contribution in [0.1, 0.15) is 37.9 Å². The van der Waals surface area contributed by atoms with Gasteiger partial charge in [-0.05, 0) is 62.2 Å². The molecule has 0 amide bonds. The molecule has 4 rings (SSSR count). The molecule has 182 valence electrons. The maximum Gasteiger partial charge on any atom is 0.338 e. The summed E-state index contributed by atoms with van der Waals surface area (Å²) in [6, 6.07) is 11.4. The van der Waals surface area contributed by atoms with Crippen LogP contribution < -0.4 is 24.4 Å². The van der Waals surface area contributed by atoms with E-state index < -0.39 is 12.0 Å². The number of rotatable bonds is 7. The second-order valence-electron chi connectivity index (χ2n) is 7.74. The second-order valence-corrected chi connectivity index (χ2v) is 8.74. The zero-order chi connectivity index (χ0) is 25.1. The molecule has 8 nitrogen and oxygen atoms in total. The van der Waals surface area contributed by atoms with Crippen molar-refractivity contribution in [1.29, 1.82) is 0 Å². The van der Waals surface area contributed by atoms with Gasteiger partial charge < -0.3 is 19.3 Å². The highest BCUT2D eigenvalue weighted by atomic mass is 32.1. The summed E-state index contributed by atoms with van der Waals surface area (Å²) in [6.07, 6.45) is 1.72. The number of phenolic OH excluding ortho intramolecular Hbond substituents is 1. The Hall–Kier alpha value is -3.85. The third-order valence-electron chi connectivity index (χ3n) is 5.53. The number of aromatic nitrogens is 1. The second kappa shape index (κ2) is 10.2. The third kappa shape index (κ3) is 4.72. The fourth-order valence-corrected chi connectivity index (χ4v) is 4.98. The van der Waals surface area contributed by atoms with E-state index in [-0.39, 0.29) is 17.9 Å². The molecule has 1 aliphatic rings. The highest BCUT2D eigenvalue weighted by Crippen LogP contribution is 2.32. The zero-order valence-corrected chi connectivity index (χ0v) is 20.7. The number of nitrogens with zero attached hydrogens (tertiary/aromatic N) is 2. The number of esters is 1. The lowest BCUT2D eigenvalue weighted by atomic mass is 9.96. The number of thiazole rings is 1. The Morgan fingerprint density at radius 3 is 2.57 bits per heavy atom. The molecule has 0 unspecified atom stereocenters. The summed E-state index contributed by atoms with van der Waals surface area (Å²) in [5.74, 6) is 0.519. The van der Waals surface area contributed by atoms with Crippen molar-refractivity contribution in [3.63, 3.8) is 0 Å². The number of phenols is 1. The molecule has 3 aromatic rings. The van der Waals surface area contributed by atoms with Crippen LogP contribution in [0.25, 0.3) is 6.08 Å². The Labute approximate surface area is 206 Å². The van der Waals surface area contributed by atoms with E-state index in [2.05, 4.69) is 4.99 Å². The van der Waals surface area contributed by atoms with Gasteiger partial charge >= 0.3 is 5.97 Å². The maximum atomic E-state index is 13.6. The lowest BCUT2D eigenvalue weighted by Gasteiger charge is -2.24. The number of methoxy groups -OCH3 is 1. The molecule has 0 saturated heterocycles. The Balaban J connectivity index is 1.91. The van der Waals surface area contributed by atoms with E-state index in [1.165, 1.54) is 22.0 Å². The van der Waals surface area contributed by atoms with Gasteiger partial charge in [0.05, 0.1) is 42.2 Å². The molecule has 0 saturated carbocycles. The molecule has 1 atom stereocenters. The summed E-state index contributed by atoms with van der Waals surface area (Å²) in [5.41, 5.74) is 1.97. The van der Waals surface area contributed by atoms with Crippen LogP contribution in [0.4, 0.5) is 0 Å². The lowest BCUT2D eigenvalue weighted by molar-refractivity contribution is -0.139. The van der Waals surface area contributed by atoms with Gasteiger partial charge in [-0.1, -0.05) is 29.5 Å². The summed E-state index contributed by atoms with van der Waals surface area (Å²) in [6.45, 7) is 5.91. The minimum Gasteiger partial charge on any atom is -0.504 e. The SMILES string of the molecule is CCOC(=O)C1=C(C)N=c2s/c(=C/c3ccc(O)c(OCC)c3)c(=O)n2[C@@H]1c1ccc(OC)cc1. The van der Waals surface area contributed by atoms with Crippen LogP contribution in [-0.2, 0) is 9.53 Å². The van der Waals surface area contributed by atoms with Gasteiger partial charge in [-0.2, -0.15) is 0 Å². The first-order valence-electron chi connectivity index (χ1n) is 11.2. The number of benzene rings is 2. The Morgan fingerprint density at radius 1 is 1.17 bits per heavy atom. The molecule has 0 bridgehead atoms. The monoisotopic (exact) mass is 494 g/mol. The zero-order valence-electron chi connectivity index (χ0n) is 19.9. The van der Waals surface area contributed by atoms with Gasteiger partial charge in [0.2, 0.25) is 0 Å². The average Bonchev–Trinajstić information content (AvgIpc) is 3.15. The van der Waals surface area contributed by atoms with Crippen LogP contribution >= 0.6 is 11.3 Å². The fourth-order valence-electron chi connectivity index (χ4n) is 3.94. The number of carbonyl (C=O) groups is 1. The number of aromatic hydroxyl groups is 1. The maximum absolute atomic E-state index is 13.6. The normalized spacial score (nSPS) is 15.4. The summed E-state index contributed by atoms with van der Waals surface area (Å²) in [7, 11) is 1.58. The Kier molecular flexibility index (Phi) is 7.07. The third-order valence-corrected chi connectivity index (χ3v) is 6.51. The van der Waals surface area contributed by atoms with Gasteiger partial charge in [0, 0.05) is 0 Å². The topological polar surface area (TPSA) is 99.4 Å². The average molecular weight is 495 g/mol. The van der Waals surface area contributed by atoms with Crippen molar-refractivity contribution in [2.24, 2.45) is 4.99 Å². The highest BCUT2D eigenvalue weighted by Gasteiger charge is 2.33. The molecule has 2 heterocycles. The van der Waals surface area contributed by atoms with Crippen molar-refractivity contribution in [2.75, 3.05) is 20.3 Å².